The largest absolute Gasteiger partial charge is 0.365 e. The SMILES string of the molecule is O=C(Cc1c[nH]c2ccccc12)N1CCN(Cc2nnn3c2CO[C@@H](c2ccccc2F)C3)CC1. The third-order valence-electron chi connectivity index (χ3n) is 7.05. The van der Waals surface area contributed by atoms with E-state index in [1.165, 1.54) is 6.07 Å². The molecular formula is C26H27FN6O2. The van der Waals surface area contributed by atoms with E-state index in [1.807, 2.05) is 46.1 Å². The fourth-order valence-electron chi connectivity index (χ4n) is 5.03. The van der Waals surface area contributed by atoms with Crippen LogP contribution in [0.5, 0.6) is 0 Å². The first-order valence-corrected chi connectivity index (χ1v) is 12.0. The smallest absolute Gasteiger partial charge is 0.227 e. The van der Waals surface area contributed by atoms with Crippen LogP contribution in [0.2, 0.25) is 0 Å². The highest BCUT2D eigenvalue weighted by Gasteiger charge is 2.28. The molecule has 0 bridgehead atoms. The van der Waals surface area contributed by atoms with E-state index in [4.69, 9.17) is 4.74 Å². The zero-order valence-corrected chi connectivity index (χ0v) is 19.4. The van der Waals surface area contributed by atoms with Gasteiger partial charge in [0, 0.05) is 55.4 Å². The normalized spacial score (nSPS) is 18.7. The molecule has 0 radical (unpaired) electrons. The average Bonchev–Trinajstić information content (AvgIpc) is 3.48. The Morgan fingerprint density at radius 1 is 1.09 bits per heavy atom. The Morgan fingerprint density at radius 3 is 2.74 bits per heavy atom. The molecule has 2 aromatic heterocycles. The van der Waals surface area contributed by atoms with Gasteiger partial charge in [0.05, 0.1) is 25.3 Å². The molecule has 1 N–H and O–H groups in total. The number of halogens is 1. The molecular weight excluding hydrogens is 447 g/mol. The van der Waals surface area contributed by atoms with E-state index in [-0.39, 0.29) is 17.8 Å². The number of hydrogen-bond donors (Lipinski definition) is 1. The van der Waals surface area contributed by atoms with Crippen molar-refractivity contribution < 1.29 is 13.9 Å². The summed E-state index contributed by atoms with van der Waals surface area (Å²) in [4.78, 5) is 20.4. The molecule has 1 atom stereocenters. The molecule has 0 saturated carbocycles. The first-order chi connectivity index (χ1) is 17.2. The summed E-state index contributed by atoms with van der Waals surface area (Å²) < 4.78 is 22.0. The molecule has 6 rings (SSSR count). The van der Waals surface area contributed by atoms with Gasteiger partial charge in [-0.2, -0.15) is 0 Å². The van der Waals surface area contributed by atoms with Crippen LogP contribution in [-0.4, -0.2) is 61.9 Å². The van der Waals surface area contributed by atoms with Crippen LogP contribution in [0.15, 0.2) is 54.7 Å². The number of amides is 1. The minimum Gasteiger partial charge on any atom is -0.365 e. The maximum Gasteiger partial charge on any atom is 0.227 e. The Hall–Kier alpha value is -3.56. The molecule has 2 aliphatic rings. The van der Waals surface area contributed by atoms with E-state index in [9.17, 15) is 9.18 Å². The number of ether oxygens (including phenoxy) is 1. The van der Waals surface area contributed by atoms with Crippen molar-refractivity contribution in [3.05, 3.63) is 83.1 Å². The number of benzene rings is 2. The maximum absolute atomic E-state index is 14.2. The fraction of sp³-hybridized carbons (Fsp3) is 0.346. The van der Waals surface area contributed by atoms with Crippen LogP contribution in [0.3, 0.4) is 0 Å². The molecule has 9 heteroatoms. The van der Waals surface area contributed by atoms with Crippen LogP contribution < -0.4 is 0 Å². The van der Waals surface area contributed by atoms with Crippen LogP contribution >= 0.6 is 0 Å². The number of fused-ring (bicyclic) bond motifs is 2. The van der Waals surface area contributed by atoms with Gasteiger partial charge < -0.3 is 14.6 Å². The Kier molecular flexibility index (Phi) is 5.79. The number of piperazine rings is 1. The number of nitrogens with one attached hydrogen (secondary N) is 1. The van der Waals surface area contributed by atoms with Gasteiger partial charge in [-0.05, 0) is 17.7 Å². The van der Waals surface area contributed by atoms with E-state index in [2.05, 4.69) is 20.2 Å². The second-order valence-corrected chi connectivity index (χ2v) is 9.18. The predicted octanol–water partition coefficient (Wildman–Crippen LogP) is 3.06. The van der Waals surface area contributed by atoms with Crippen LogP contribution in [0.1, 0.15) is 28.6 Å². The van der Waals surface area contributed by atoms with Crippen molar-refractivity contribution >= 4 is 16.8 Å². The Labute approximate surface area is 202 Å². The molecule has 1 fully saturated rings. The summed E-state index contributed by atoms with van der Waals surface area (Å²) in [6.45, 7) is 4.40. The summed E-state index contributed by atoms with van der Waals surface area (Å²) in [6.07, 6.45) is 1.97. The second kappa shape index (κ2) is 9.24. The molecule has 35 heavy (non-hydrogen) atoms. The van der Waals surface area contributed by atoms with Crippen LogP contribution in [0.4, 0.5) is 4.39 Å². The van der Waals surface area contributed by atoms with Crippen molar-refractivity contribution in [2.75, 3.05) is 26.2 Å². The number of carbonyl (C=O) groups is 1. The van der Waals surface area contributed by atoms with Gasteiger partial charge in [0.15, 0.2) is 0 Å². The van der Waals surface area contributed by atoms with Gasteiger partial charge in [-0.25, -0.2) is 9.07 Å². The lowest BCUT2D eigenvalue weighted by Gasteiger charge is -2.34. The van der Waals surface area contributed by atoms with Crippen LogP contribution in [-0.2, 0) is 35.6 Å². The van der Waals surface area contributed by atoms with Gasteiger partial charge in [0.2, 0.25) is 5.91 Å². The minimum absolute atomic E-state index is 0.156. The van der Waals surface area contributed by atoms with E-state index in [0.717, 1.165) is 40.9 Å². The van der Waals surface area contributed by atoms with Gasteiger partial charge in [-0.1, -0.05) is 41.6 Å². The third-order valence-corrected chi connectivity index (χ3v) is 7.05. The lowest BCUT2D eigenvalue weighted by atomic mass is 10.1. The number of carbonyl (C=O) groups excluding carboxylic acids is 1. The number of para-hydroxylation sites is 1. The highest BCUT2D eigenvalue weighted by molar-refractivity contribution is 5.88. The zero-order valence-electron chi connectivity index (χ0n) is 19.4. The highest BCUT2D eigenvalue weighted by atomic mass is 19.1. The first kappa shape index (κ1) is 21.9. The predicted molar refractivity (Wildman–Crippen MR) is 128 cm³/mol. The molecule has 2 aromatic carbocycles. The molecule has 0 aliphatic carbocycles. The molecule has 180 valence electrons. The number of aromatic nitrogens is 4. The van der Waals surface area contributed by atoms with E-state index in [0.29, 0.717) is 44.8 Å². The summed E-state index contributed by atoms with van der Waals surface area (Å²) >= 11 is 0. The minimum atomic E-state index is -0.370. The van der Waals surface area contributed by atoms with Gasteiger partial charge in [0.25, 0.3) is 0 Å². The van der Waals surface area contributed by atoms with Gasteiger partial charge in [-0.15, -0.1) is 5.10 Å². The molecule has 0 unspecified atom stereocenters. The first-order valence-electron chi connectivity index (χ1n) is 12.0. The average molecular weight is 475 g/mol. The highest BCUT2D eigenvalue weighted by Crippen LogP contribution is 2.29. The molecule has 0 spiro atoms. The second-order valence-electron chi connectivity index (χ2n) is 9.18. The van der Waals surface area contributed by atoms with Crippen molar-refractivity contribution in [2.24, 2.45) is 0 Å². The topological polar surface area (TPSA) is 79.3 Å². The van der Waals surface area contributed by atoms with Crippen LogP contribution in [0, 0.1) is 5.82 Å². The van der Waals surface area contributed by atoms with Gasteiger partial charge >= 0.3 is 0 Å². The van der Waals surface area contributed by atoms with Crippen LogP contribution in [0.25, 0.3) is 10.9 Å². The fourth-order valence-corrected chi connectivity index (χ4v) is 5.03. The molecule has 1 saturated heterocycles. The molecule has 2 aliphatic heterocycles. The van der Waals surface area contributed by atoms with Crippen molar-refractivity contribution in [2.45, 2.75) is 32.2 Å². The van der Waals surface area contributed by atoms with Gasteiger partial charge in [-0.3, -0.25) is 9.69 Å². The van der Waals surface area contributed by atoms with Gasteiger partial charge in [0.1, 0.15) is 17.6 Å². The van der Waals surface area contributed by atoms with E-state index < -0.39 is 0 Å². The Bertz CT molecular complexity index is 1360. The molecule has 1 amide bonds. The Balaban J connectivity index is 1.05. The van der Waals surface area contributed by atoms with Crippen molar-refractivity contribution in [3.8, 4) is 0 Å². The summed E-state index contributed by atoms with van der Waals surface area (Å²) in [5.41, 5.74) is 4.47. The zero-order chi connectivity index (χ0) is 23.8. The van der Waals surface area contributed by atoms with Crippen molar-refractivity contribution in [3.63, 3.8) is 0 Å². The number of hydrogen-bond acceptors (Lipinski definition) is 5. The number of aromatic amines is 1. The van der Waals surface area contributed by atoms with Crippen molar-refractivity contribution in [1.82, 2.24) is 29.8 Å². The van der Waals surface area contributed by atoms with Crippen molar-refractivity contribution in [1.29, 1.82) is 0 Å². The summed E-state index contributed by atoms with van der Waals surface area (Å²) in [7, 11) is 0. The summed E-state index contributed by atoms with van der Waals surface area (Å²) in [5.74, 6) is -0.110. The molecule has 4 aromatic rings. The van der Waals surface area contributed by atoms with E-state index >= 15 is 0 Å². The number of nitrogens with zero attached hydrogens (tertiary/aromatic N) is 5. The standard InChI is InChI=1S/C26H27FN6O2/c27-21-7-3-1-6-20(21)25-16-33-24(17-35-25)23(29-30-33)15-31-9-11-32(12-10-31)26(34)13-18-14-28-22-8-4-2-5-19(18)22/h1-8,14,25,28H,9-13,15-17H2/t25-/m1/s1. The lowest BCUT2D eigenvalue weighted by molar-refractivity contribution is -0.132. The van der Waals surface area contributed by atoms with E-state index in [1.54, 1.807) is 12.1 Å². The number of H-pyrrole nitrogens is 1. The molecule has 4 heterocycles. The molecule has 8 nitrogen and oxygen atoms in total. The third kappa shape index (κ3) is 4.33. The Morgan fingerprint density at radius 2 is 1.89 bits per heavy atom. The summed E-state index contributed by atoms with van der Waals surface area (Å²) in [5, 5.41) is 9.80. The number of rotatable bonds is 5. The quantitative estimate of drug-likeness (QED) is 0.481. The summed E-state index contributed by atoms with van der Waals surface area (Å²) in [6, 6.07) is 14.8. The lowest BCUT2D eigenvalue weighted by Crippen LogP contribution is -2.48. The monoisotopic (exact) mass is 474 g/mol. The maximum atomic E-state index is 14.2.